The fraction of sp³-hybridized carbons (Fsp3) is 0.538. The van der Waals surface area contributed by atoms with Crippen LogP contribution in [0.25, 0.3) is 11.0 Å². The van der Waals surface area contributed by atoms with Crippen LogP contribution in [0.4, 0.5) is 0 Å². The fourth-order valence-corrected chi connectivity index (χ4v) is 2.49. The van der Waals surface area contributed by atoms with Gasteiger partial charge in [0.05, 0.1) is 12.6 Å². The van der Waals surface area contributed by atoms with Gasteiger partial charge in [-0.05, 0) is 7.05 Å². The normalized spacial score (nSPS) is 18.0. The molecule has 2 aromatic rings. The van der Waals surface area contributed by atoms with E-state index in [1.54, 1.807) is 13.4 Å². The van der Waals surface area contributed by atoms with Gasteiger partial charge in [-0.25, -0.2) is 4.98 Å². The Bertz CT molecular complexity index is 559. The van der Waals surface area contributed by atoms with Crippen molar-refractivity contribution in [3.8, 4) is 5.88 Å². The van der Waals surface area contributed by atoms with Crippen molar-refractivity contribution in [1.82, 2.24) is 24.8 Å². The van der Waals surface area contributed by atoms with Crippen molar-refractivity contribution in [3.63, 3.8) is 0 Å². The molecule has 3 heterocycles. The number of aromatic nitrogens is 3. The first kappa shape index (κ1) is 12.4. The summed E-state index contributed by atoms with van der Waals surface area (Å²) in [7, 11) is 3.80. The molecule has 2 aromatic heterocycles. The van der Waals surface area contributed by atoms with E-state index in [1.807, 2.05) is 6.20 Å². The second-order valence-electron chi connectivity index (χ2n) is 5.00. The average molecular weight is 261 g/mol. The van der Waals surface area contributed by atoms with E-state index in [-0.39, 0.29) is 0 Å². The van der Waals surface area contributed by atoms with Crippen molar-refractivity contribution < 1.29 is 4.74 Å². The Labute approximate surface area is 112 Å². The number of fused-ring (bicyclic) bond motifs is 1. The second kappa shape index (κ2) is 5.14. The number of likely N-dealkylation sites (N-methyl/N-ethyl adjacent to an activating group) is 1. The minimum atomic E-state index is 0.606. The van der Waals surface area contributed by atoms with Gasteiger partial charge in [0, 0.05) is 44.5 Å². The van der Waals surface area contributed by atoms with E-state index >= 15 is 0 Å². The van der Waals surface area contributed by atoms with Gasteiger partial charge >= 0.3 is 0 Å². The highest BCUT2D eigenvalue weighted by Gasteiger charge is 2.17. The molecule has 0 amide bonds. The maximum absolute atomic E-state index is 5.24. The third-order valence-corrected chi connectivity index (χ3v) is 3.69. The topological polar surface area (TPSA) is 57.3 Å². The Kier molecular flexibility index (Phi) is 3.35. The van der Waals surface area contributed by atoms with Crippen LogP contribution in [0.2, 0.25) is 0 Å². The Balaban J connectivity index is 1.82. The van der Waals surface area contributed by atoms with Crippen LogP contribution in [0.5, 0.6) is 5.88 Å². The first-order valence-corrected chi connectivity index (χ1v) is 6.54. The molecule has 1 aliphatic heterocycles. The fourth-order valence-electron chi connectivity index (χ4n) is 2.49. The highest BCUT2D eigenvalue weighted by Crippen LogP contribution is 2.23. The molecule has 0 aliphatic carbocycles. The lowest BCUT2D eigenvalue weighted by Gasteiger charge is -2.32. The van der Waals surface area contributed by atoms with Crippen molar-refractivity contribution >= 4 is 11.0 Å². The van der Waals surface area contributed by atoms with E-state index in [1.165, 1.54) is 5.56 Å². The highest BCUT2D eigenvalue weighted by molar-refractivity contribution is 5.82. The molecule has 6 nitrogen and oxygen atoms in total. The largest absolute Gasteiger partial charge is 0.479 e. The van der Waals surface area contributed by atoms with Crippen LogP contribution in [0, 0.1) is 0 Å². The van der Waals surface area contributed by atoms with Crippen LogP contribution in [0.3, 0.4) is 0 Å². The van der Waals surface area contributed by atoms with Crippen molar-refractivity contribution in [2.45, 2.75) is 6.54 Å². The van der Waals surface area contributed by atoms with Crippen molar-refractivity contribution in [1.29, 1.82) is 0 Å². The summed E-state index contributed by atoms with van der Waals surface area (Å²) in [5.74, 6) is 0.606. The van der Waals surface area contributed by atoms with Gasteiger partial charge in [0.2, 0.25) is 5.88 Å². The number of hydrogen-bond acceptors (Lipinski definition) is 5. The molecule has 0 atom stereocenters. The molecule has 0 aromatic carbocycles. The zero-order valence-corrected chi connectivity index (χ0v) is 11.4. The predicted molar refractivity (Wildman–Crippen MR) is 73.2 cm³/mol. The van der Waals surface area contributed by atoms with Crippen molar-refractivity contribution in [2.75, 3.05) is 40.3 Å². The summed E-state index contributed by atoms with van der Waals surface area (Å²) in [5.41, 5.74) is 3.06. The summed E-state index contributed by atoms with van der Waals surface area (Å²) >= 11 is 0. The molecule has 0 saturated carbocycles. The standard InChI is InChI=1S/C13H19N5O/c1-17-3-5-18(6-4-17)8-10-7-14-12-11(10)15-9-16-13(12)19-2/h7,9,14H,3-6,8H2,1-2H3. The molecule has 3 rings (SSSR count). The van der Waals surface area contributed by atoms with Gasteiger partial charge in [0.1, 0.15) is 11.8 Å². The minimum absolute atomic E-state index is 0.606. The van der Waals surface area contributed by atoms with E-state index in [0.29, 0.717) is 5.88 Å². The van der Waals surface area contributed by atoms with E-state index in [0.717, 1.165) is 43.8 Å². The molecule has 0 radical (unpaired) electrons. The summed E-state index contributed by atoms with van der Waals surface area (Å²) in [4.78, 5) is 16.5. The van der Waals surface area contributed by atoms with Crippen LogP contribution in [-0.2, 0) is 6.54 Å². The molecule has 19 heavy (non-hydrogen) atoms. The van der Waals surface area contributed by atoms with Crippen LogP contribution in [-0.4, -0.2) is 65.1 Å². The summed E-state index contributed by atoms with van der Waals surface area (Å²) in [6, 6.07) is 0. The van der Waals surface area contributed by atoms with E-state index < -0.39 is 0 Å². The van der Waals surface area contributed by atoms with Crippen molar-refractivity contribution in [3.05, 3.63) is 18.1 Å². The number of nitrogens with one attached hydrogen (secondary N) is 1. The molecule has 1 fully saturated rings. The van der Waals surface area contributed by atoms with E-state index in [9.17, 15) is 0 Å². The Hall–Kier alpha value is -1.66. The molecule has 1 N–H and O–H groups in total. The predicted octanol–water partition coefficient (Wildman–Crippen LogP) is 0.714. The number of methoxy groups -OCH3 is 1. The molecule has 1 aliphatic rings. The van der Waals surface area contributed by atoms with E-state index in [2.05, 4.69) is 31.8 Å². The first-order chi connectivity index (χ1) is 9.28. The number of nitrogens with zero attached hydrogens (tertiary/aromatic N) is 4. The van der Waals surface area contributed by atoms with Gasteiger partial charge < -0.3 is 14.6 Å². The van der Waals surface area contributed by atoms with Crippen molar-refractivity contribution in [2.24, 2.45) is 0 Å². The lowest BCUT2D eigenvalue weighted by Crippen LogP contribution is -2.43. The molecule has 0 bridgehead atoms. The van der Waals surface area contributed by atoms with Gasteiger partial charge in [-0.2, -0.15) is 4.98 Å². The Morgan fingerprint density at radius 1 is 1.26 bits per heavy atom. The van der Waals surface area contributed by atoms with Gasteiger partial charge in [0.15, 0.2) is 0 Å². The molecule has 0 unspecified atom stereocenters. The zero-order valence-electron chi connectivity index (χ0n) is 11.4. The van der Waals surface area contributed by atoms with E-state index in [4.69, 9.17) is 4.74 Å². The SMILES string of the molecule is COc1ncnc2c(CN3CCN(C)CC3)c[nH]c12. The molecule has 6 heteroatoms. The maximum Gasteiger partial charge on any atom is 0.241 e. The third-order valence-electron chi connectivity index (χ3n) is 3.69. The number of hydrogen-bond donors (Lipinski definition) is 1. The first-order valence-electron chi connectivity index (χ1n) is 6.54. The molecular weight excluding hydrogens is 242 g/mol. The zero-order chi connectivity index (χ0) is 13.2. The number of piperazine rings is 1. The minimum Gasteiger partial charge on any atom is -0.479 e. The average Bonchev–Trinajstić information content (AvgIpc) is 2.84. The number of H-pyrrole nitrogens is 1. The molecule has 1 saturated heterocycles. The lowest BCUT2D eigenvalue weighted by molar-refractivity contribution is 0.148. The Morgan fingerprint density at radius 2 is 2.05 bits per heavy atom. The summed E-state index contributed by atoms with van der Waals surface area (Å²) in [6.07, 6.45) is 3.57. The maximum atomic E-state index is 5.24. The summed E-state index contributed by atoms with van der Waals surface area (Å²) < 4.78 is 5.24. The van der Waals surface area contributed by atoms with Crippen LogP contribution in [0.15, 0.2) is 12.5 Å². The van der Waals surface area contributed by atoms with Gasteiger partial charge in [-0.3, -0.25) is 4.90 Å². The van der Waals surface area contributed by atoms with Gasteiger partial charge in [0.25, 0.3) is 0 Å². The summed E-state index contributed by atoms with van der Waals surface area (Å²) in [5, 5.41) is 0. The monoisotopic (exact) mass is 261 g/mol. The summed E-state index contributed by atoms with van der Waals surface area (Å²) in [6.45, 7) is 5.38. The Morgan fingerprint density at radius 3 is 2.79 bits per heavy atom. The van der Waals surface area contributed by atoms with Gasteiger partial charge in [-0.15, -0.1) is 0 Å². The molecule has 102 valence electrons. The quantitative estimate of drug-likeness (QED) is 0.882. The van der Waals surface area contributed by atoms with Crippen LogP contribution >= 0.6 is 0 Å². The number of ether oxygens (including phenoxy) is 1. The second-order valence-corrected chi connectivity index (χ2v) is 5.00. The smallest absolute Gasteiger partial charge is 0.241 e. The third kappa shape index (κ3) is 2.41. The van der Waals surface area contributed by atoms with Crippen LogP contribution in [0.1, 0.15) is 5.56 Å². The van der Waals surface area contributed by atoms with Gasteiger partial charge in [-0.1, -0.05) is 0 Å². The number of aromatic amines is 1. The highest BCUT2D eigenvalue weighted by atomic mass is 16.5. The molecule has 0 spiro atoms. The van der Waals surface area contributed by atoms with Crippen LogP contribution < -0.4 is 4.74 Å². The number of rotatable bonds is 3. The lowest BCUT2D eigenvalue weighted by atomic mass is 10.2. The molecular formula is C13H19N5O.